The molecule has 0 aliphatic carbocycles. The lowest BCUT2D eigenvalue weighted by molar-refractivity contribution is -0.136. The zero-order chi connectivity index (χ0) is 17.6. The van der Waals surface area contributed by atoms with Gasteiger partial charge in [-0.25, -0.2) is 0 Å². The lowest BCUT2D eigenvalue weighted by atomic mass is 10.1. The molecule has 0 saturated carbocycles. The van der Waals surface area contributed by atoms with Gasteiger partial charge in [-0.15, -0.1) is 0 Å². The molecule has 3 saturated heterocycles. The van der Waals surface area contributed by atoms with Crippen molar-refractivity contribution in [1.82, 2.24) is 20.0 Å². The maximum Gasteiger partial charge on any atom is 0.236 e. The van der Waals surface area contributed by atoms with E-state index >= 15 is 0 Å². The van der Waals surface area contributed by atoms with Crippen molar-refractivity contribution < 1.29 is 14.4 Å². The van der Waals surface area contributed by atoms with Crippen LogP contribution < -0.4 is 5.32 Å². The zero-order valence-electron chi connectivity index (χ0n) is 15.0. The van der Waals surface area contributed by atoms with Crippen molar-refractivity contribution in [2.24, 2.45) is 5.92 Å². The van der Waals surface area contributed by atoms with Gasteiger partial charge in [0, 0.05) is 39.1 Å². The molecule has 3 aliphatic rings. The molecule has 0 aromatic rings. The van der Waals surface area contributed by atoms with E-state index in [2.05, 4.69) is 10.2 Å². The highest BCUT2D eigenvalue weighted by atomic mass is 16.2. The lowest BCUT2D eigenvalue weighted by Crippen LogP contribution is -2.43. The number of nitrogens with one attached hydrogen (secondary N) is 1. The van der Waals surface area contributed by atoms with E-state index in [9.17, 15) is 14.4 Å². The van der Waals surface area contributed by atoms with Gasteiger partial charge in [0.15, 0.2) is 0 Å². The van der Waals surface area contributed by atoms with E-state index < -0.39 is 0 Å². The average molecular weight is 350 g/mol. The van der Waals surface area contributed by atoms with Crippen LogP contribution in [0.25, 0.3) is 0 Å². The second kappa shape index (κ2) is 8.65. The Bertz CT molecular complexity index is 503. The van der Waals surface area contributed by atoms with Crippen molar-refractivity contribution in [3.05, 3.63) is 0 Å². The third-order valence-electron chi connectivity index (χ3n) is 5.54. The topological polar surface area (TPSA) is 73.0 Å². The van der Waals surface area contributed by atoms with Crippen LogP contribution in [0.4, 0.5) is 0 Å². The minimum absolute atomic E-state index is 0.0394. The molecule has 3 aliphatic heterocycles. The number of carbonyl (C=O) groups excluding carboxylic acids is 3. The number of amides is 3. The number of carbonyl (C=O) groups is 3. The number of rotatable bonds is 3. The summed E-state index contributed by atoms with van der Waals surface area (Å²) in [6, 6.07) is 0. The minimum atomic E-state index is -0.230. The quantitative estimate of drug-likeness (QED) is 0.781. The van der Waals surface area contributed by atoms with Gasteiger partial charge in [-0.2, -0.15) is 0 Å². The van der Waals surface area contributed by atoms with Gasteiger partial charge in [0.05, 0.1) is 12.5 Å². The molecular formula is C18H30N4O3. The van der Waals surface area contributed by atoms with Crippen LogP contribution in [0.15, 0.2) is 0 Å². The van der Waals surface area contributed by atoms with Gasteiger partial charge < -0.3 is 15.1 Å². The first-order valence-corrected chi connectivity index (χ1v) is 9.69. The molecule has 3 rings (SSSR count). The van der Waals surface area contributed by atoms with Crippen molar-refractivity contribution in [2.45, 2.75) is 38.5 Å². The molecule has 0 bridgehead atoms. The molecule has 1 N–H and O–H groups in total. The molecule has 7 heteroatoms. The second-order valence-electron chi connectivity index (χ2n) is 7.46. The van der Waals surface area contributed by atoms with Gasteiger partial charge in [0.25, 0.3) is 0 Å². The fourth-order valence-electron chi connectivity index (χ4n) is 4.01. The monoisotopic (exact) mass is 350 g/mol. The first-order chi connectivity index (χ1) is 12.1. The first kappa shape index (κ1) is 18.2. The molecule has 0 spiro atoms. The Hall–Kier alpha value is -1.63. The molecule has 3 amide bonds. The number of hydrogen-bond acceptors (Lipinski definition) is 4. The molecule has 7 nitrogen and oxygen atoms in total. The summed E-state index contributed by atoms with van der Waals surface area (Å²) in [5, 5.41) is 2.73. The van der Waals surface area contributed by atoms with E-state index in [1.54, 1.807) is 0 Å². The second-order valence-corrected chi connectivity index (χ2v) is 7.46. The van der Waals surface area contributed by atoms with Crippen LogP contribution in [0.3, 0.4) is 0 Å². The molecule has 140 valence electrons. The summed E-state index contributed by atoms with van der Waals surface area (Å²) >= 11 is 0. The average Bonchev–Trinajstić information content (AvgIpc) is 2.82. The molecular weight excluding hydrogens is 320 g/mol. The van der Waals surface area contributed by atoms with Crippen LogP contribution in [-0.2, 0) is 14.4 Å². The fourth-order valence-corrected chi connectivity index (χ4v) is 4.01. The highest BCUT2D eigenvalue weighted by Crippen LogP contribution is 2.15. The van der Waals surface area contributed by atoms with E-state index in [4.69, 9.17) is 0 Å². The van der Waals surface area contributed by atoms with Crippen molar-refractivity contribution in [3.63, 3.8) is 0 Å². The Morgan fingerprint density at radius 3 is 2.24 bits per heavy atom. The van der Waals surface area contributed by atoms with E-state index in [0.717, 1.165) is 26.1 Å². The van der Waals surface area contributed by atoms with Crippen molar-refractivity contribution >= 4 is 17.7 Å². The van der Waals surface area contributed by atoms with E-state index in [-0.39, 0.29) is 23.6 Å². The summed E-state index contributed by atoms with van der Waals surface area (Å²) in [6.07, 6.45) is 6.01. The zero-order valence-corrected chi connectivity index (χ0v) is 15.0. The van der Waals surface area contributed by atoms with Gasteiger partial charge in [-0.05, 0) is 32.4 Å². The molecule has 0 radical (unpaired) electrons. The van der Waals surface area contributed by atoms with Crippen LogP contribution in [0.1, 0.15) is 38.5 Å². The van der Waals surface area contributed by atoms with E-state index in [0.29, 0.717) is 39.1 Å². The summed E-state index contributed by atoms with van der Waals surface area (Å²) < 4.78 is 0. The standard InChI is InChI=1S/C18H30N4O3/c23-16-12-15(13-19-16)18(25)22-9-5-8-21(10-11-22)17(24)14-20-6-3-1-2-4-7-20/h15H,1-14H2,(H,19,23). The summed E-state index contributed by atoms with van der Waals surface area (Å²) in [5.74, 6) is -0.0247. The molecule has 3 fully saturated rings. The van der Waals surface area contributed by atoms with Gasteiger partial charge in [-0.1, -0.05) is 12.8 Å². The van der Waals surface area contributed by atoms with Crippen LogP contribution in [-0.4, -0.2) is 84.8 Å². The van der Waals surface area contributed by atoms with E-state index in [1.165, 1.54) is 25.7 Å². The Labute approximate surface area is 149 Å². The van der Waals surface area contributed by atoms with Crippen LogP contribution in [0, 0.1) is 5.92 Å². The van der Waals surface area contributed by atoms with Gasteiger partial charge in [0.2, 0.25) is 17.7 Å². The third kappa shape index (κ3) is 4.93. The third-order valence-corrected chi connectivity index (χ3v) is 5.54. The normalized spacial score (nSPS) is 26.1. The Morgan fingerprint density at radius 2 is 1.56 bits per heavy atom. The SMILES string of the molecule is O=C1CC(C(=O)N2CCCN(C(=O)CN3CCCCCC3)CC2)CN1. The summed E-state index contributed by atoms with van der Waals surface area (Å²) in [6.45, 7) is 5.58. The Kier molecular flexibility index (Phi) is 6.29. The Morgan fingerprint density at radius 1 is 0.880 bits per heavy atom. The summed E-state index contributed by atoms with van der Waals surface area (Å²) in [7, 11) is 0. The van der Waals surface area contributed by atoms with Crippen molar-refractivity contribution in [2.75, 3.05) is 52.4 Å². The van der Waals surface area contributed by atoms with Crippen LogP contribution >= 0.6 is 0 Å². The fraction of sp³-hybridized carbons (Fsp3) is 0.833. The minimum Gasteiger partial charge on any atom is -0.355 e. The first-order valence-electron chi connectivity index (χ1n) is 9.69. The number of likely N-dealkylation sites (tertiary alicyclic amines) is 1. The molecule has 3 heterocycles. The van der Waals surface area contributed by atoms with Gasteiger partial charge >= 0.3 is 0 Å². The maximum atomic E-state index is 12.6. The smallest absolute Gasteiger partial charge is 0.236 e. The number of hydrogen-bond donors (Lipinski definition) is 1. The van der Waals surface area contributed by atoms with Gasteiger partial charge in [-0.3, -0.25) is 19.3 Å². The lowest BCUT2D eigenvalue weighted by Gasteiger charge is -2.26. The predicted octanol–water partition coefficient (Wildman–Crippen LogP) is 0.0594. The number of nitrogens with zero attached hydrogens (tertiary/aromatic N) is 3. The maximum absolute atomic E-state index is 12.6. The predicted molar refractivity (Wildman–Crippen MR) is 93.8 cm³/mol. The largest absolute Gasteiger partial charge is 0.355 e. The van der Waals surface area contributed by atoms with Crippen molar-refractivity contribution in [3.8, 4) is 0 Å². The van der Waals surface area contributed by atoms with Crippen LogP contribution in [0.5, 0.6) is 0 Å². The molecule has 0 aromatic heterocycles. The molecule has 1 atom stereocenters. The van der Waals surface area contributed by atoms with Crippen LogP contribution in [0.2, 0.25) is 0 Å². The highest BCUT2D eigenvalue weighted by Gasteiger charge is 2.32. The van der Waals surface area contributed by atoms with E-state index in [1.807, 2.05) is 9.80 Å². The molecule has 0 aromatic carbocycles. The highest BCUT2D eigenvalue weighted by molar-refractivity contribution is 5.89. The summed E-state index contributed by atoms with van der Waals surface area (Å²) in [5.41, 5.74) is 0. The summed E-state index contributed by atoms with van der Waals surface area (Å²) in [4.78, 5) is 42.5. The molecule has 1 unspecified atom stereocenters. The molecule has 25 heavy (non-hydrogen) atoms. The Balaban J connectivity index is 1.48. The van der Waals surface area contributed by atoms with Gasteiger partial charge in [0.1, 0.15) is 0 Å². The van der Waals surface area contributed by atoms with Crippen molar-refractivity contribution in [1.29, 1.82) is 0 Å².